The molecule has 1 aliphatic heterocycles. The summed E-state index contributed by atoms with van der Waals surface area (Å²) in [4.78, 5) is 24.7. The first-order valence-corrected chi connectivity index (χ1v) is 7.39. The summed E-state index contributed by atoms with van der Waals surface area (Å²) in [7, 11) is 3.62. The SMILES string of the molecule is CCC1OC(n2nnc3c(=O)[nH]c(N=CN(C)C)nc32)CC1O. The molecule has 2 N–H and O–H groups in total. The minimum Gasteiger partial charge on any atom is -0.390 e. The minimum atomic E-state index is -0.572. The van der Waals surface area contributed by atoms with Crippen LogP contribution in [0.25, 0.3) is 11.2 Å². The lowest BCUT2D eigenvalue weighted by Crippen LogP contribution is -2.19. The van der Waals surface area contributed by atoms with Gasteiger partial charge in [0.15, 0.2) is 17.4 Å². The molecule has 0 radical (unpaired) electrons. The standard InChI is InChI=1S/C13H19N7O3/c1-4-8-7(21)5-9(23-8)20-11-10(17-18-20)12(22)16-13(15-11)14-6-19(2)3/h6-9,21H,4-5H2,1-3H3,(H,15,16,22). The fourth-order valence-electron chi connectivity index (χ4n) is 2.49. The lowest BCUT2D eigenvalue weighted by atomic mass is 10.1. The third-order valence-corrected chi connectivity index (χ3v) is 3.61. The Morgan fingerprint density at radius 2 is 2.35 bits per heavy atom. The zero-order valence-corrected chi connectivity index (χ0v) is 13.2. The summed E-state index contributed by atoms with van der Waals surface area (Å²) in [6.45, 7) is 1.94. The Morgan fingerprint density at radius 1 is 1.57 bits per heavy atom. The number of aromatic nitrogens is 5. The van der Waals surface area contributed by atoms with Crippen LogP contribution in [0.4, 0.5) is 5.95 Å². The van der Waals surface area contributed by atoms with Crippen LogP contribution < -0.4 is 5.56 Å². The normalized spacial score (nSPS) is 24.8. The molecule has 0 spiro atoms. The Labute approximate surface area is 131 Å². The fourth-order valence-corrected chi connectivity index (χ4v) is 2.49. The molecule has 23 heavy (non-hydrogen) atoms. The molecule has 3 unspecified atom stereocenters. The molecule has 3 rings (SSSR count). The van der Waals surface area contributed by atoms with Crippen molar-refractivity contribution >= 4 is 23.5 Å². The molecule has 2 aromatic heterocycles. The molecule has 3 heterocycles. The van der Waals surface area contributed by atoms with Gasteiger partial charge in [0, 0.05) is 20.5 Å². The maximum Gasteiger partial charge on any atom is 0.282 e. The van der Waals surface area contributed by atoms with Gasteiger partial charge in [-0.15, -0.1) is 5.10 Å². The Hall–Kier alpha value is -2.33. The maximum absolute atomic E-state index is 12.1. The number of aliphatic hydroxyl groups excluding tert-OH is 1. The van der Waals surface area contributed by atoms with Gasteiger partial charge in [0.25, 0.3) is 5.56 Å². The number of aromatic amines is 1. The highest BCUT2D eigenvalue weighted by molar-refractivity contribution is 5.70. The van der Waals surface area contributed by atoms with Crippen LogP contribution in [0.5, 0.6) is 0 Å². The highest BCUT2D eigenvalue weighted by atomic mass is 16.5. The first kappa shape index (κ1) is 15.6. The van der Waals surface area contributed by atoms with E-state index in [2.05, 4.69) is 25.3 Å². The van der Waals surface area contributed by atoms with Gasteiger partial charge in [-0.1, -0.05) is 12.1 Å². The second kappa shape index (κ2) is 6.05. The van der Waals surface area contributed by atoms with E-state index in [0.29, 0.717) is 12.8 Å². The summed E-state index contributed by atoms with van der Waals surface area (Å²) in [5.41, 5.74) is -0.0156. The first-order valence-electron chi connectivity index (χ1n) is 7.39. The van der Waals surface area contributed by atoms with Crippen LogP contribution in [-0.2, 0) is 4.74 Å². The van der Waals surface area contributed by atoms with Gasteiger partial charge in [0.1, 0.15) is 0 Å². The van der Waals surface area contributed by atoms with E-state index in [9.17, 15) is 9.90 Å². The molecular weight excluding hydrogens is 302 g/mol. The first-order chi connectivity index (χ1) is 11.0. The molecule has 3 atom stereocenters. The van der Waals surface area contributed by atoms with Crippen molar-refractivity contribution in [1.29, 1.82) is 0 Å². The summed E-state index contributed by atoms with van der Waals surface area (Å²) in [6.07, 6.45) is 1.27. The summed E-state index contributed by atoms with van der Waals surface area (Å²) < 4.78 is 7.19. The number of rotatable bonds is 4. The second-order valence-corrected chi connectivity index (χ2v) is 5.64. The largest absolute Gasteiger partial charge is 0.390 e. The Kier molecular flexibility index (Phi) is 4.09. The van der Waals surface area contributed by atoms with Gasteiger partial charge in [0.05, 0.1) is 18.5 Å². The maximum atomic E-state index is 12.1. The number of nitrogens with zero attached hydrogens (tertiary/aromatic N) is 6. The molecule has 10 heteroatoms. The van der Waals surface area contributed by atoms with Crippen molar-refractivity contribution in [1.82, 2.24) is 29.9 Å². The van der Waals surface area contributed by atoms with Crippen LogP contribution in [0, 0.1) is 0 Å². The summed E-state index contributed by atoms with van der Waals surface area (Å²) in [5.74, 6) is 0.158. The van der Waals surface area contributed by atoms with Gasteiger partial charge in [0.2, 0.25) is 5.95 Å². The van der Waals surface area contributed by atoms with E-state index in [1.54, 1.807) is 4.90 Å². The average molecular weight is 321 g/mol. The molecule has 10 nitrogen and oxygen atoms in total. The van der Waals surface area contributed by atoms with Gasteiger partial charge in [-0.05, 0) is 6.42 Å². The van der Waals surface area contributed by atoms with Crippen LogP contribution in [0.3, 0.4) is 0 Å². The number of ether oxygens (including phenoxy) is 1. The van der Waals surface area contributed by atoms with Gasteiger partial charge < -0.3 is 14.7 Å². The number of hydrogen-bond donors (Lipinski definition) is 2. The second-order valence-electron chi connectivity index (χ2n) is 5.64. The lowest BCUT2D eigenvalue weighted by Gasteiger charge is -2.12. The molecule has 0 bridgehead atoms. The van der Waals surface area contributed by atoms with Crippen molar-refractivity contribution in [3.63, 3.8) is 0 Å². The average Bonchev–Trinajstić information content (AvgIpc) is 3.08. The van der Waals surface area contributed by atoms with Gasteiger partial charge in [-0.3, -0.25) is 9.78 Å². The van der Waals surface area contributed by atoms with Crippen LogP contribution >= 0.6 is 0 Å². The predicted octanol–water partition coefficient (Wildman–Crippen LogP) is -0.206. The highest BCUT2D eigenvalue weighted by Gasteiger charge is 2.35. The highest BCUT2D eigenvalue weighted by Crippen LogP contribution is 2.30. The monoisotopic (exact) mass is 321 g/mol. The van der Waals surface area contributed by atoms with E-state index in [1.165, 1.54) is 11.0 Å². The van der Waals surface area contributed by atoms with E-state index in [-0.39, 0.29) is 23.2 Å². The molecular formula is C13H19N7O3. The van der Waals surface area contributed by atoms with E-state index >= 15 is 0 Å². The number of nitrogens with one attached hydrogen (secondary N) is 1. The van der Waals surface area contributed by atoms with Crippen LogP contribution in [-0.4, -0.2) is 67.6 Å². The third-order valence-electron chi connectivity index (χ3n) is 3.61. The molecule has 1 saturated heterocycles. The van der Waals surface area contributed by atoms with Crippen molar-refractivity contribution in [3.05, 3.63) is 10.4 Å². The van der Waals surface area contributed by atoms with E-state index in [1.807, 2.05) is 21.0 Å². The third kappa shape index (κ3) is 2.94. The van der Waals surface area contributed by atoms with Crippen molar-refractivity contribution in [2.75, 3.05) is 14.1 Å². The van der Waals surface area contributed by atoms with Gasteiger partial charge in [-0.2, -0.15) is 9.67 Å². The molecule has 0 amide bonds. The Bertz CT molecular complexity index is 781. The lowest BCUT2D eigenvalue weighted by molar-refractivity contribution is -0.0239. The molecule has 1 fully saturated rings. The van der Waals surface area contributed by atoms with E-state index in [4.69, 9.17) is 4.74 Å². The van der Waals surface area contributed by atoms with Crippen molar-refractivity contribution < 1.29 is 9.84 Å². The number of aliphatic imine (C=N–C) groups is 1. The topological polar surface area (TPSA) is 122 Å². The van der Waals surface area contributed by atoms with Crippen molar-refractivity contribution in [3.8, 4) is 0 Å². The van der Waals surface area contributed by atoms with Crippen LogP contribution in [0.1, 0.15) is 26.0 Å². The number of fused-ring (bicyclic) bond motifs is 1. The van der Waals surface area contributed by atoms with Crippen LogP contribution in [0.15, 0.2) is 9.79 Å². The zero-order chi connectivity index (χ0) is 16.6. The molecule has 0 aliphatic carbocycles. The number of aliphatic hydroxyl groups is 1. The zero-order valence-electron chi connectivity index (χ0n) is 13.2. The Balaban J connectivity index is 2.00. The predicted molar refractivity (Wildman–Crippen MR) is 82.6 cm³/mol. The Morgan fingerprint density at radius 3 is 3.00 bits per heavy atom. The summed E-state index contributed by atoms with van der Waals surface area (Å²) >= 11 is 0. The molecule has 2 aromatic rings. The molecule has 1 aliphatic rings. The van der Waals surface area contributed by atoms with Gasteiger partial charge >= 0.3 is 0 Å². The van der Waals surface area contributed by atoms with Crippen molar-refractivity contribution in [2.45, 2.75) is 38.2 Å². The van der Waals surface area contributed by atoms with E-state index < -0.39 is 17.9 Å². The summed E-state index contributed by atoms with van der Waals surface area (Å²) in [5, 5.41) is 17.8. The molecule has 0 aromatic carbocycles. The minimum absolute atomic E-state index is 0.117. The quantitative estimate of drug-likeness (QED) is 0.590. The van der Waals surface area contributed by atoms with Gasteiger partial charge in [-0.25, -0.2) is 4.99 Å². The number of hydrogen-bond acceptors (Lipinski definition) is 7. The summed E-state index contributed by atoms with van der Waals surface area (Å²) in [6, 6.07) is 0. The smallest absolute Gasteiger partial charge is 0.282 e. The van der Waals surface area contributed by atoms with Crippen LogP contribution in [0.2, 0.25) is 0 Å². The van der Waals surface area contributed by atoms with E-state index in [0.717, 1.165) is 0 Å². The molecule has 0 saturated carbocycles. The van der Waals surface area contributed by atoms with Crippen molar-refractivity contribution in [2.24, 2.45) is 4.99 Å². The fraction of sp³-hybridized carbons (Fsp3) is 0.615. The molecule has 124 valence electrons. The number of H-pyrrole nitrogens is 1.